The predicted octanol–water partition coefficient (Wildman–Crippen LogP) is 4.94. The minimum absolute atomic E-state index is 0.0544. The van der Waals surface area contributed by atoms with E-state index in [1.807, 2.05) is 6.07 Å². The molecule has 1 amide bonds. The maximum absolute atomic E-state index is 13.0. The van der Waals surface area contributed by atoms with Crippen molar-refractivity contribution >= 4 is 51.0 Å². The zero-order valence-electron chi connectivity index (χ0n) is 17.3. The first-order valence-corrected chi connectivity index (χ1v) is 12.1. The molecule has 1 unspecified atom stereocenters. The largest absolute Gasteiger partial charge is 0.593 e. The number of benzene rings is 2. The highest BCUT2D eigenvalue weighted by molar-refractivity contribution is 7.89. The zero-order chi connectivity index (χ0) is 24.1. The Morgan fingerprint density at radius 3 is 2.67 bits per heavy atom. The Kier molecular flexibility index (Phi) is 8.10. The highest BCUT2D eigenvalue weighted by atomic mass is 35.5. The number of rotatable bonds is 8. The van der Waals surface area contributed by atoms with E-state index in [4.69, 9.17) is 16.9 Å². The summed E-state index contributed by atoms with van der Waals surface area (Å²) in [6.07, 6.45) is 1.33. The van der Waals surface area contributed by atoms with Crippen molar-refractivity contribution in [3.8, 4) is 11.8 Å². The van der Waals surface area contributed by atoms with E-state index in [9.17, 15) is 18.1 Å². The fourth-order valence-electron chi connectivity index (χ4n) is 2.91. The van der Waals surface area contributed by atoms with Gasteiger partial charge in [-0.05, 0) is 43.3 Å². The summed E-state index contributed by atoms with van der Waals surface area (Å²) in [7, 11) is 0. The van der Waals surface area contributed by atoms with E-state index in [2.05, 4.69) is 14.4 Å². The second kappa shape index (κ2) is 10.8. The molecule has 0 saturated heterocycles. The fraction of sp³-hybridized carbons (Fsp3) is 0.190. The topological polar surface area (TPSA) is 101 Å². The lowest BCUT2D eigenvalue weighted by Crippen LogP contribution is -2.30. The molecule has 1 heterocycles. The van der Waals surface area contributed by atoms with Crippen LogP contribution in [0.15, 0.2) is 42.5 Å². The van der Waals surface area contributed by atoms with Gasteiger partial charge in [0.1, 0.15) is 17.7 Å². The molecule has 3 aromatic rings. The Morgan fingerprint density at radius 2 is 2.06 bits per heavy atom. The van der Waals surface area contributed by atoms with Crippen LogP contribution in [0.4, 0.5) is 19.6 Å². The number of halogens is 3. The summed E-state index contributed by atoms with van der Waals surface area (Å²) in [4.78, 5) is 19.0. The first kappa shape index (κ1) is 24.7. The number of carbonyl (C=O) groups is 1. The molecule has 1 atom stereocenters. The number of alkyl halides is 2. The van der Waals surface area contributed by atoms with Crippen molar-refractivity contribution in [1.82, 2.24) is 9.71 Å². The van der Waals surface area contributed by atoms with Gasteiger partial charge in [-0.3, -0.25) is 4.79 Å². The van der Waals surface area contributed by atoms with Crippen molar-refractivity contribution in [3.63, 3.8) is 0 Å². The van der Waals surface area contributed by atoms with Gasteiger partial charge in [0.25, 0.3) is 0 Å². The predicted molar refractivity (Wildman–Crippen MR) is 123 cm³/mol. The van der Waals surface area contributed by atoms with Gasteiger partial charge < -0.3 is 14.2 Å². The quantitative estimate of drug-likeness (QED) is 0.431. The lowest BCUT2D eigenvalue weighted by Gasteiger charge is -2.23. The summed E-state index contributed by atoms with van der Waals surface area (Å²) < 4.78 is 44.2. The smallest absolute Gasteiger partial charge is 0.387 e. The fourth-order valence-corrected chi connectivity index (χ4v) is 4.35. The van der Waals surface area contributed by atoms with Crippen LogP contribution in [0.3, 0.4) is 0 Å². The van der Waals surface area contributed by atoms with Crippen LogP contribution in [0, 0.1) is 18.3 Å². The molecule has 2 aromatic carbocycles. The first-order valence-electron chi connectivity index (χ1n) is 9.30. The Labute approximate surface area is 200 Å². The third-order valence-electron chi connectivity index (χ3n) is 4.35. The molecule has 7 nitrogen and oxygen atoms in total. The summed E-state index contributed by atoms with van der Waals surface area (Å²) in [5.41, 5.74) is 1.54. The van der Waals surface area contributed by atoms with Gasteiger partial charge >= 0.3 is 12.5 Å². The van der Waals surface area contributed by atoms with Crippen LogP contribution in [0.5, 0.6) is 5.75 Å². The molecule has 12 heteroatoms. The SMILES string of the molecule is Cc1sc(N(Cc2ccc(Cl)cc2OC(F)F)c2ccc(C#N)cc2)nc1C(=O)N[S+](C)[O-]. The average Bonchev–Trinajstić information content (AvgIpc) is 3.14. The number of nitrogens with one attached hydrogen (secondary N) is 1. The molecule has 0 bridgehead atoms. The monoisotopic (exact) mass is 510 g/mol. The Balaban J connectivity index is 2.05. The average molecular weight is 511 g/mol. The Bertz CT molecular complexity index is 1180. The normalized spacial score (nSPS) is 11.7. The van der Waals surface area contributed by atoms with E-state index in [-0.39, 0.29) is 23.0 Å². The molecular formula is C21H17ClF2N4O3S2. The van der Waals surface area contributed by atoms with Crippen LogP contribution >= 0.6 is 22.9 Å². The van der Waals surface area contributed by atoms with Crippen LogP contribution in [-0.4, -0.2) is 28.3 Å². The molecule has 0 radical (unpaired) electrons. The molecule has 1 aromatic heterocycles. The number of aromatic nitrogens is 1. The third kappa shape index (κ3) is 6.33. The molecule has 0 aliphatic rings. The van der Waals surface area contributed by atoms with E-state index in [1.165, 1.54) is 23.7 Å². The molecule has 1 N–H and O–H groups in total. The maximum atomic E-state index is 13.0. The highest BCUT2D eigenvalue weighted by Gasteiger charge is 2.23. The van der Waals surface area contributed by atoms with E-state index in [0.29, 0.717) is 26.8 Å². The molecule has 3 rings (SSSR count). The molecule has 0 aliphatic heterocycles. The van der Waals surface area contributed by atoms with Crippen molar-refractivity contribution < 1.29 is 22.9 Å². The number of amides is 1. The number of aryl methyl sites for hydroxylation is 1. The zero-order valence-corrected chi connectivity index (χ0v) is 19.7. The summed E-state index contributed by atoms with van der Waals surface area (Å²) in [5, 5.41) is 9.72. The highest BCUT2D eigenvalue weighted by Crippen LogP contribution is 2.35. The second-order valence-corrected chi connectivity index (χ2v) is 9.39. The number of nitriles is 1. The van der Waals surface area contributed by atoms with Crippen LogP contribution in [0.2, 0.25) is 5.02 Å². The molecule has 172 valence electrons. The number of anilines is 2. The van der Waals surface area contributed by atoms with Crippen molar-refractivity contribution in [1.29, 1.82) is 5.26 Å². The standard InChI is InChI=1S/C21H17ClF2N4O3S2/c1-12-18(19(29)27-33(2)30)26-21(32-12)28(16-7-3-13(10-25)4-8-16)11-14-5-6-15(22)9-17(14)31-20(23)24/h3-9,20H,11H2,1-2H3,(H,27,29). The van der Waals surface area contributed by atoms with E-state index >= 15 is 0 Å². The Morgan fingerprint density at radius 1 is 1.36 bits per heavy atom. The van der Waals surface area contributed by atoms with Gasteiger partial charge in [0.2, 0.25) is 0 Å². The van der Waals surface area contributed by atoms with Crippen LogP contribution < -0.4 is 14.4 Å². The van der Waals surface area contributed by atoms with Crippen LogP contribution in [0.1, 0.15) is 26.5 Å². The number of ether oxygens (including phenoxy) is 1. The van der Waals surface area contributed by atoms with Gasteiger partial charge in [-0.2, -0.15) is 18.8 Å². The molecule has 0 aliphatic carbocycles. The van der Waals surface area contributed by atoms with Crippen molar-refractivity contribution in [2.75, 3.05) is 11.2 Å². The summed E-state index contributed by atoms with van der Waals surface area (Å²) in [6, 6.07) is 13.0. The molecular weight excluding hydrogens is 494 g/mol. The molecule has 33 heavy (non-hydrogen) atoms. The van der Waals surface area contributed by atoms with Gasteiger partial charge in [-0.1, -0.05) is 17.7 Å². The van der Waals surface area contributed by atoms with Gasteiger partial charge in [0.05, 0.1) is 29.5 Å². The molecule has 0 fully saturated rings. The first-order chi connectivity index (χ1) is 15.7. The number of hydrogen-bond donors (Lipinski definition) is 1. The van der Waals surface area contributed by atoms with Crippen molar-refractivity contribution in [2.24, 2.45) is 0 Å². The third-order valence-corrected chi connectivity index (χ3v) is 6.05. The van der Waals surface area contributed by atoms with Gasteiger partial charge in [0, 0.05) is 21.2 Å². The van der Waals surface area contributed by atoms with Crippen LogP contribution in [-0.2, 0) is 17.9 Å². The van der Waals surface area contributed by atoms with Crippen molar-refractivity contribution in [3.05, 3.63) is 69.2 Å². The van der Waals surface area contributed by atoms with E-state index in [1.54, 1.807) is 48.2 Å². The maximum Gasteiger partial charge on any atom is 0.387 e. The summed E-state index contributed by atoms with van der Waals surface area (Å²) >= 11 is 5.59. The minimum Gasteiger partial charge on any atom is -0.593 e. The summed E-state index contributed by atoms with van der Waals surface area (Å²) in [5.74, 6) is -0.687. The number of thiazole rings is 1. The molecule has 0 saturated carbocycles. The van der Waals surface area contributed by atoms with Gasteiger partial charge in [0.15, 0.2) is 5.13 Å². The summed E-state index contributed by atoms with van der Waals surface area (Å²) in [6.45, 7) is -1.30. The lowest BCUT2D eigenvalue weighted by atomic mass is 10.1. The number of carbonyl (C=O) groups excluding carboxylic acids is 1. The van der Waals surface area contributed by atoms with Crippen molar-refractivity contribution in [2.45, 2.75) is 20.1 Å². The number of nitrogens with zero attached hydrogens (tertiary/aromatic N) is 3. The Hall–Kier alpha value is -2.91. The minimum atomic E-state index is -3.04. The van der Waals surface area contributed by atoms with Gasteiger partial charge in [-0.15, -0.1) is 11.3 Å². The van der Waals surface area contributed by atoms with E-state index in [0.717, 1.165) is 0 Å². The van der Waals surface area contributed by atoms with Gasteiger partial charge in [-0.25, -0.2) is 4.98 Å². The second-order valence-electron chi connectivity index (χ2n) is 6.66. The lowest BCUT2D eigenvalue weighted by molar-refractivity contribution is -0.0504. The van der Waals surface area contributed by atoms with Crippen LogP contribution in [0.25, 0.3) is 0 Å². The number of hydrogen-bond acceptors (Lipinski definition) is 7. The van der Waals surface area contributed by atoms with E-state index < -0.39 is 23.9 Å². The molecule has 0 spiro atoms.